The third-order valence-electron chi connectivity index (χ3n) is 5.61. The van der Waals surface area contributed by atoms with Gasteiger partial charge in [0.1, 0.15) is 5.75 Å². The van der Waals surface area contributed by atoms with Crippen LogP contribution >= 0.6 is 0 Å². The Morgan fingerprint density at radius 3 is 2.47 bits per heavy atom. The lowest BCUT2D eigenvalue weighted by atomic mass is 10.1. The van der Waals surface area contributed by atoms with Crippen molar-refractivity contribution in [1.29, 1.82) is 0 Å². The van der Waals surface area contributed by atoms with Crippen molar-refractivity contribution in [2.75, 3.05) is 36.9 Å². The van der Waals surface area contributed by atoms with Crippen LogP contribution in [0, 0.1) is 0 Å². The average Bonchev–Trinajstić information content (AvgIpc) is 2.83. The standard InChI is InChI=1S/C26H35N3O3/c1-2-3-4-8-18-32-24-11-9-10-23(19-24)28-25(30)20-27-22-14-12-21(13-15-22)26(31)29-16-6-5-7-17-29/h9-15,19,27H,2-8,16-18,20H2,1H3,(H,28,30). The number of ether oxygens (including phenoxy) is 1. The molecular formula is C26H35N3O3. The predicted octanol–water partition coefficient (Wildman–Crippen LogP) is 5.32. The van der Waals surface area contributed by atoms with E-state index >= 15 is 0 Å². The van der Waals surface area contributed by atoms with E-state index in [2.05, 4.69) is 17.6 Å². The summed E-state index contributed by atoms with van der Waals surface area (Å²) in [6.45, 7) is 4.69. The van der Waals surface area contributed by atoms with Gasteiger partial charge in [0.25, 0.3) is 5.91 Å². The third kappa shape index (κ3) is 7.59. The molecule has 2 N–H and O–H groups in total. The summed E-state index contributed by atoms with van der Waals surface area (Å²) in [4.78, 5) is 26.8. The van der Waals surface area contributed by atoms with Crippen molar-refractivity contribution < 1.29 is 14.3 Å². The van der Waals surface area contributed by atoms with Gasteiger partial charge in [0, 0.05) is 36.1 Å². The van der Waals surface area contributed by atoms with Gasteiger partial charge in [-0.15, -0.1) is 0 Å². The number of nitrogens with one attached hydrogen (secondary N) is 2. The summed E-state index contributed by atoms with van der Waals surface area (Å²) in [7, 11) is 0. The van der Waals surface area contributed by atoms with E-state index in [4.69, 9.17) is 4.74 Å². The number of hydrogen-bond donors (Lipinski definition) is 2. The van der Waals surface area contributed by atoms with Gasteiger partial charge in [-0.25, -0.2) is 0 Å². The van der Waals surface area contributed by atoms with E-state index in [1.165, 1.54) is 25.7 Å². The minimum Gasteiger partial charge on any atom is -0.494 e. The first-order valence-corrected chi connectivity index (χ1v) is 11.8. The Bertz CT molecular complexity index is 861. The van der Waals surface area contributed by atoms with E-state index in [0.717, 1.165) is 43.8 Å². The summed E-state index contributed by atoms with van der Waals surface area (Å²) in [6.07, 6.45) is 8.00. The van der Waals surface area contributed by atoms with Crippen molar-refractivity contribution in [3.63, 3.8) is 0 Å². The van der Waals surface area contributed by atoms with Gasteiger partial charge in [-0.05, 0) is 62.1 Å². The Labute approximate surface area is 191 Å². The van der Waals surface area contributed by atoms with Crippen LogP contribution in [-0.2, 0) is 4.79 Å². The van der Waals surface area contributed by atoms with Gasteiger partial charge in [0.05, 0.1) is 13.2 Å². The zero-order valence-electron chi connectivity index (χ0n) is 19.1. The normalized spacial score (nSPS) is 13.5. The molecule has 0 aliphatic carbocycles. The second-order valence-corrected chi connectivity index (χ2v) is 8.27. The molecule has 1 saturated heterocycles. The Morgan fingerprint density at radius 1 is 0.938 bits per heavy atom. The fraction of sp³-hybridized carbons (Fsp3) is 0.462. The molecule has 0 unspecified atom stereocenters. The minimum atomic E-state index is -0.140. The number of piperidine rings is 1. The summed E-state index contributed by atoms with van der Waals surface area (Å²) < 4.78 is 5.78. The van der Waals surface area contributed by atoms with Gasteiger partial charge in [-0.2, -0.15) is 0 Å². The molecule has 2 aromatic carbocycles. The summed E-state index contributed by atoms with van der Waals surface area (Å²) in [5, 5.41) is 6.00. The third-order valence-corrected chi connectivity index (χ3v) is 5.61. The molecule has 1 fully saturated rings. The molecule has 3 rings (SSSR count). The molecule has 0 atom stereocenters. The van der Waals surface area contributed by atoms with Gasteiger partial charge < -0.3 is 20.3 Å². The molecule has 32 heavy (non-hydrogen) atoms. The highest BCUT2D eigenvalue weighted by atomic mass is 16.5. The van der Waals surface area contributed by atoms with Crippen LogP contribution in [-0.4, -0.2) is 43.0 Å². The lowest BCUT2D eigenvalue weighted by molar-refractivity contribution is -0.114. The molecule has 0 saturated carbocycles. The number of rotatable bonds is 11. The monoisotopic (exact) mass is 437 g/mol. The molecule has 2 aromatic rings. The van der Waals surface area contributed by atoms with Crippen molar-refractivity contribution >= 4 is 23.2 Å². The van der Waals surface area contributed by atoms with Crippen molar-refractivity contribution in [1.82, 2.24) is 4.90 Å². The second-order valence-electron chi connectivity index (χ2n) is 8.27. The highest BCUT2D eigenvalue weighted by Crippen LogP contribution is 2.18. The number of hydrogen-bond acceptors (Lipinski definition) is 4. The van der Waals surface area contributed by atoms with Crippen molar-refractivity contribution in [3.8, 4) is 5.75 Å². The number of nitrogens with zero attached hydrogens (tertiary/aromatic N) is 1. The summed E-state index contributed by atoms with van der Waals surface area (Å²) in [5.41, 5.74) is 2.21. The second kappa shape index (κ2) is 12.7. The largest absolute Gasteiger partial charge is 0.494 e. The average molecular weight is 438 g/mol. The van der Waals surface area contributed by atoms with Crippen LogP contribution in [0.2, 0.25) is 0 Å². The first-order chi connectivity index (χ1) is 15.7. The van der Waals surface area contributed by atoms with Gasteiger partial charge in [-0.3, -0.25) is 9.59 Å². The molecular weight excluding hydrogens is 402 g/mol. The van der Waals surface area contributed by atoms with Gasteiger partial charge in [-0.1, -0.05) is 32.3 Å². The van der Waals surface area contributed by atoms with Crippen LogP contribution in [0.5, 0.6) is 5.75 Å². The Balaban J connectivity index is 1.42. The number of carbonyl (C=O) groups is 2. The smallest absolute Gasteiger partial charge is 0.253 e. The van der Waals surface area contributed by atoms with Crippen LogP contribution in [0.15, 0.2) is 48.5 Å². The molecule has 1 aliphatic heterocycles. The maximum atomic E-state index is 12.6. The molecule has 0 bridgehead atoms. The van der Waals surface area contributed by atoms with Crippen LogP contribution in [0.25, 0.3) is 0 Å². The number of benzene rings is 2. The Morgan fingerprint density at radius 2 is 1.72 bits per heavy atom. The van der Waals surface area contributed by atoms with E-state index < -0.39 is 0 Å². The maximum Gasteiger partial charge on any atom is 0.253 e. The highest BCUT2D eigenvalue weighted by Gasteiger charge is 2.17. The van der Waals surface area contributed by atoms with Crippen LogP contribution in [0.4, 0.5) is 11.4 Å². The van der Waals surface area contributed by atoms with Gasteiger partial charge in [0.2, 0.25) is 5.91 Å². The van der Waals surface area contributed by atoms with E-state index in [9.17, 15) is 9.59 Å². The van der Waals surface area contributed by atoms with Crippen molar-refractivity contribution in [2.45, 2.75) is 51.9 Å². The van der Waals surface area contributed by atoms with E-state index in [1.54, 1.807) is 0 Å². The number of carbonyl (C=O) groups excluding carboxylic acids is 2. The predicted molar refractivity (Wildman–Crippen MR) is 129 cm³/mol. The fourth-order valence-corrected chi connectivity index (χ4v) is 3.78. The van der Waals surface area contributed by atoms with E-state index in [-0.39, 0.29) is 18.4 Å². The summed E-state index contributed by atoms with van der Waals surface area (Å²) in [6, 6.07) is 14.8. The topological polar surface area (TPSA) is 70.7 Å². The molecule has 172 valence electrons. The number of anilines is 2. The highest BCUT2D eigenvalue weighted by molar-refractivity contribution is 5.95. The Kier molecular flexibility index (Phi) is 9.41. The molecule has 6 heteroatoms. The molecule has 1 aliphatic rings. The van der Waals surface area contributed by atoms with Crippen LogP contribution in [0.3, 0.4) is 0 Å². The number of amides is 2. The minimum absolute atomic E-state index is 0.0847. The molecule has 2 amide bonds. The summed E-state index contributed by atoms with van der Waals surface area (Å²) in [5.74, 6) is 0.709. The van der Waals surface area contributed by atoms with Crippen LogP contribution in [0.1, 0.15) is 62.2 Å². The van der Waals surface area contributed by atoms with E-state index in [0.29, 0.717) is 17.9 Å². The van der Waals surface area contributed by atoms with Crippen molar-refractivity contribution in [2.24, 2.45) is 0 Å². The van der Waals surface area contributed by atoms with Crippen molar-refractivity contribution in [3.05, 3.63) is 54.1 Å². The molecule has 6 nitrogen and oxygen atoms in total. The number of likely N-dealkylation sites (tertiary alicyclic amines) is 1. The lowest BCUT2D eigenvalue weighted by Gasteiger charge is -2.26. The summed E-state index contributed by atoms with van der Waals surface area (Å²) >= 11 is 0. The fourth-order valence-electron chi connectivity index (χ4n) is 3.78. The zero-order chi connectivity index (χ0) is 22.6. The molecule has 0 radical (unpaired) electrons. The quantitative estimate of drug-likeness (QED) is 0.467. The van der Waals surface area contributed by atoms with Crippen LogP contribution < -0.4 is 15.4 Å². The van der Waals surface area contributed by atoms with Gasteiger partial charge in [0.15, 0.2) is 0 Å². The van der Waals surface area contributed by atoms with E-state index in [1.807, 2.05) is 53.4 Å². The lowest BCUT2D eigenvalue weighted by Crippen LogP contribution is -2.35. The maximum absolute atomic E-state index is 12.6. The molecule has 0 spiro atoms. The first kappa shape index (κ1) is 23.6. The van der Waals surface area contributed by atoms with Gasteiger partial charge >= 0.3 is 0 Å². The SMILES string of the molecule is CCCCCCOc1cccc(NC(=O)CNc2ccc(C(=O)N3CCCCC3)cc2)c1. The first-order valence-electron chi connectivity index (χ1n) is 11.8. The Hall–Kier alpha value is -3.02. The zero-order valence-corrected chi connectivity index (χ0v) is 19.1. The molecule has 0 aromatic heterocycles. The number of unbranched alkanes of at least 4 members (excludes halogenated alkanes) is 3. The molecule has 1 heterocycles.